The van der Waals surface area contributed by atoms with E-state index in [1.165, 1.54) is 11.3 Å². The Hall–Kier alpha value is -2.38. The Morgan fingerprint density at radius 1 is 1.39 bits per heavy atom. The molecule has 0 radical (unpaired) electrons. The predicted molar refractivity (Wildman–Crippen MR) is 92.9 cm³/mol. The van der Waals surface area contributed by atoms with Crippen molar-refractivity contribution in [3.05, 3.63) is 57.3 Å². The largest absolute Gasteiger partial charge is 0.497 e. The molecule has 118 valence electrons. The van der Waals surface area contributed by atoms with Crippen LogP contribution in [0, 0.1) is 3.95 Å². The van der Waals surface area contributed by atoms with Crippen molar-refractivity contribution < 1.29 is 14.3 Å². The Labute approximate surface area is 142 Å². The van der Waals surface area contributed by atoms with Crippen LogP contribution in [0.25, 0.3) is 0 Å². The molecule has 0 aliphatic carbocycles. The number of nitrogens with zero attached hydrogens (tertiary/aromatic N) is 2. The fourth-order valence-electron chi connectivity index (χ4n) is 2.02. The maximum absolute atomic E-state index is 10.3. The monoisotopic (exact) mass is 346 g/mol. The Morgan fingerprint density at radius 2 is 2.26 bits per heavy atom. The minimum atomic E-state index is 0.0862. The highest BCUT2D eigenvalue weighted by Crippen LogP contribution is 2.27. The summed E-state index contributed by atoms with van der Waals surface area (Å²) in [5, 5.41) is 10.3. The van der Waals surface area contributed by atoms with E-state index < -0.39 is 0 Å². The lowest BCUT2D eigenvalue weighted by atomic mass is 10.3. The summed E-state index contributed by atoms with van der Waals surface area (Å²) < 4.78 is 12.6. The number of aromatic hydroxyl groups is 1. The third-order valence-electron chi connectivity index (χ3n) is 3.17. The highest BCUT2D eigenvalue weighted by Gasteiger charge is 2.11. The van der Waals surface area contributed by atoms with Gasteiger partial charge in [0.2, 0.25) is 5.88 Å². The van der Waals surface area contributed by atoms with Gasteiger partial charge in [-0.1, -0.05) is 17.4 Å². The van der Waals surface area contributed by atoms with Crippen LogP contribution in [-0.2, 0) is 6.54 Å². The molecule has 0 fully saturated rings. The average molecular weight is 346 g/mol. The lowest BCUT2D eigenvalue weighted by Gasteiger charge is -2.01. The van der Waals surface area contributed by atoms with Crippen molar-refractivity contribution in [3.63, 3.8) is 0 Å². The third kappa shape index (κ3) is 3.52. The summed E-state index contributed by atoms with van der Waals surface area (Å²) in [7, 11) is 1.61. The highest BCUT2D eigenvalue weighted by molar-refractivity contribution is 7.73. The van der Waals surface area contributed by atoms with Gasteiger partial charge in [-0.2, -0.15) is 0 Å². The van der Waals surface area contributed by atoms with Crippen molar-refractivity contribution >= 4 is 35.5 Å². The molecule has 7 heteroatoms. The van der Waals surface area contributed by atoms with Gasteiger partial charge in [0, 0.05) is 6.07 Å². The van der Waals surface area contributed by atoms with Crippen molar-refractivity contribution in [1.82, 2.24) is 4.57 Å². The SMILES string of the molecule is COc1cccc(N=Cc2sc(=S)n(Cc3ccco3)c2O)c1. The lowest BCUT2D eigenvalue weighted by molar-refractivity contribution is 0.407. The van der Waals surface area contributed by atoms with Gasteiger partial charge in [-0.25, -0.2) is 0 Å². The normalized spacial score (nSPS) is 11.2. The first-order chi connectivity index (χ1) is 11.2. The fraction of sp³-hybridized carbons (Fsp3) is 0.125. The maximum atomic E-state index is 10.3. The van der Waals surface area contributed by atoms with Crippen molar-refractivity contribution in [2.75, 3.05) is 7.11 Å². The Morgan fingerprint density at radius 3 is 3.00 bits per heavy atom. The number of aliphatic imine (C=N–C) groups is 1. The second kappa shape index (κ2) is 6.80. The molecule has 0 amide bonds. The van der Waals surface area contributed by atoms with Crippen LogP contribution in [0.4, 0.5) is 5.69 Å². The summed E-state index contributed by atoms with van der Waals surface area (Å²) >= 11 is 6.60. The first-order valence-corrected chi connectivity index (χ1v) is 8.03. The minimum Gasteiger partial charge on any atom is -0.497 e. The topological polar surface area (TPSA) is 59.9 Å². The van der Waals surface area contributed by atoms with E-state index in [1.54, 1.807) is 30.2 Å². The molecular weight excluding hydrogens is 332 g/mol. The summed E-state index contributed by atoms with van der Waals surface area (Å²) in [4.78, 5) is 4.96. The molecule has 2 heterocycles. The van der Waals surface area contributed by atoms with E-state index in [1.807, 2.05) is 30.3 Å². The summed E-state index contributed by atoms with van der Waals surface area (Å²) in [6.07, 6.45) is 3.19. The zero-order chi connectivity index (χ0) is 16.2. The molecule has 5 nitrogen and oxygen atoms in total. The van der Waals surface area contributed by atoms with Gasteiger partial charge in [0.25, 0.3) is 0 Å². The number of methoxy groups -OCH3 is 1. The van der Waals surface area contributed by atoms with E-state index in [4.69, 9.17) is 21.4 Å². The van der Waals surface area contributed by atoms with Gasteiger partial charge in [-0.3, -0.25) is 9.56 Å². The average Bonchev–Trinajstić information content (AvgIpc) is 3.17. The molecule has 23 heavy (non-hydrogen) atoms. The number of benzene rings is 1. The van der Waals surface area contributed by atoms with Crippen LogP contribution >= 0.6 is 23.6 Å². The lowest BCUT2D eigenvalue weighted by Crippen LogP contribution is -1.97. The van der Waals surface area contributed by atoms with Gasteiger partial charge >= 0.3 is 0 Å². The first-order valence-electron chi connectivity index (χ1n) is 6.80. The number of hydrogen-bond donors (Lipinski definition) is 1. The second-order valence-corrected chi connectivity index (χ2v) is 6.36. The van der Waals surface area contributed by atoms with Gasteiger partial charge in [-0.05, 0) is 36.5 Å². The molecule has 1 N–H and O–H groups in total. The summed E-state index contributed by atoms with van der Waals surface area (Å²) in [6.45, 7) is 0.390. The fourth-order valence-corrected chi connectivity index (χ4v) is 3.20. The number of thiazole rings is 1. The van der Waals surface area contributed by atoms with Crippen molar-refractivity contribution in [3.8, 4) is 11.6 Å². The summed E-state index contributed by atoms with van der Waals surface area (Å²) in [6, 6.07) is 11.0. The minimum absolute atomic E-state index is 0.0862. The van der Waals surface area contributed by atoms with Crippen molar-refractivity contribution in [2.24, 2.45) is 4.99 Å². The van der Waals surface area contributed by atoms with Crippen LogP contribution in [0.15, 0.2) is 52.1 Å². The van der Waals surface area contributed by atoms with Crippen LogP contribution in [0.3, 0.4) is 0 Å². The molecule has 0 aliphatic rings. The zero-order valence-corrected chi connectivity index (χ0v) is 13.9. The van der Waals surface area contributed by atoms with Gasteiger partial charge < -0.3 is 14.3 Å². The van der Waals surface area contributed by atoms with E-state index in [2.05, 4.69) is 4.99 Å². The summed E-state index contributed by atoms with van der Waals surface area (Å²) in [5.74, 6) is 1.54. The van der Waals surface area contributed by atoms with E-state index >= 15 is 0 Å². The van der Waals surface area contributed by atoms with E-state index in [0.717, 1.165) is 17.2 Å². The molecule has 0 bridgehead atoms. The molecular formula is C16H14N2O3S2. The number of ether oxygens (including phenoxy) is 1. The molecule has 0 saturated carbocycles. The molecule has 1 aromatic carbocycles. The van der Waals surface area contributed by atoms with Crippen LogP contribution in [0.1, 0.15) is 10.6 Å². The Balaban J connectivity index is 1.86. The Bertz CT molecular complexity index is 879. The molecule has 3 aromatic rings. The standard InChI is InChI=1S/C16H14N2O3S2/c1-20-12-5-2-4-11(8-12)17-9-14-15(19)18(16(22)23-14)10-13-6-3-7-21-13/h2-9,19H,10H2,1H3. The predicted octanol–water partition coefficient (Wildman–Crippen LogP) is 4.39. The third-order valence-corrected chi connectivity index (χ3v) is 4.55. The van der Waals surface area contributed by atoms with Crippen LogP contribution < -0.4 is 4.74 Å². The van der Waals surface area contributed by atoms with Gasteiger partial charge in [0.05, 0.1) is 31.8 Å². The highest BCUT2D eigenvalue weighted by atomic mass is 32.1. The quantitative estimate of drug-likeness (QED) is 0.550. The molecule has 2 aromatic heterocycles. The molecule has 0 atom stereocenters. The van der Waals surface area contributed by atoms with Crippen LogP contribution in [-0.4, -0.2) is 23.0 Å². The van der Waals surface area contributed by atoms with Gasteiger partial charge in [0.1, 0.15) is 16.4 Å². The Kier molecular flexibility index (Phi) is 4.59. The van der Waals surface area contributed by atoms with Gasteiger partial charge in [0.15, 0.2) is 3.95 Å². The zero-order valence-electron chi connectivity index (χ0n) is 12.3. The van der Waals surface area contributed by atoms with Crippen LogP contribution in [0.2, 0.25) is 0 Å². The van der Waals surface area contributed by atoms with Crippen LogP contribution in [0.5, 0.6) is 11.6 Å². The van der Waals surface area contributed by atoms with Gasteiger partial charge in [-0.15, -0.1) is 0 Å². The molecule has 3 rings (SSSR count). The van der Waals surface area contributed by atoms with E-state index in [-0.39, 0.29) is 5.88 Å². The molecule has 0 spiro atoms. The number of aromatic nitrogens is 1. The van der Waals surface area contributed by atoms with E-state index in [9.17, 15) is 5.11 Å². The first kappa shape index (κ1) is 15.5. The van der Waals surface area contributed by atoms with Crippen molar-refractivity contribution in [1.29, 1.82) is 0 Å². The molecule has 0 unspecified atom stereocenters. The smallest absolute Gasteiger partial charge is 0.212 e. The molecule has 0 saturated heterocycles. The summed E-state index contributed by atoms with van der Waals surface area (Å²) in [5.41, 5.74) is 0.737. The van der Waals surface area contributed by atoms with E-state index in [0.29, 0.717) is 15.4 Å². The number of furan rings is 1. The number of rotatable bonds is 5. The molecule has 0 aliphatic heterocycles. The maximum Gasteiger partial charge on any atom is 0.212 e. The van der Waals surface area contributed by atoms with Crippen molar-refractivity contribution in [2.45, 2.75) is 6.54 Å². The second-order valence-electron chi connectivity index (χ2n) is 4.68. The number of hydrogen-bond acceptors (Lipinski definition) is 6.